The molecule has 0 radical (unpaired) electrons. The van der Waals surface area contributed by atoms with Gasteiger partial charge in [-0.2, -0.15) is 0 Å². The minimum absolute atomic E-state index is 0.484. The first-order valence-corrected chi connectivity index (χ1v) is 6.61. The van der Waals surface area contributed by atoms with Crippen molar-refractivity contribution in [3.8, 4) is 0 Å². The molecule has 1 aromatic carbocycles. The van der Waals surface area contributed by atoms with Crippen LogP contribution < -0.4 is 5.32 Å². The molecule has 4 nitrogen and oxygen atoms in total. The Kier molecular flexibility index (Phi) is 5.99. The van der Waals surface area contributed by atoms with Crippen molar-refractivity contribution in [3.63, 3.8) is 0 Å². The van der Waals surface area contributed by atoms with Crippen molar-refractivity contribution in [1.29, 1.82) is 0 Å². The highest BCUT2D eigenvalue weighted by Gasteiger charge is 2.16. The molecule has 0 fully saturated rings. The van der Waals surface area contributed by atoms with Crippen LogP contribution in [0.3, 0.4) is 0 Å². The van der Waals surface area contributed by atoms with Crippen LogP contribution in [0.4, 0.5) is 0 Å². The number of carbonyl (C=O) groups is 1. The minimum atomic E-state index is -0.815. The van der Waals surface area contributed by atoms with E-state index in [9.17, 15) is 4.79 Å². The normalized spacial score (nSPS) is 12.9. The number of nitrogens with one attached hydrogen (secondary N) is 1. The Hall–Kier alpha value is -1.39. The monoisotopic (exact) mass is 264 g/mol. The molecule has 0 aliphatic rings. The summed E-state index contributed by atoms with van der Waals surface area (Å²) in [5, 5.41) is 11.8. The van der Waals surface area contributed by atoms with Gasteiger partial charge in [-0.3, -0.25) is 9.69 Å². The van der Waals surface area contributed by atoms with Crippen LogP contribution in [0.25, 0.3) is 0 Å². The van der Waals surface area contributed by atoms with E-state index >= 15 is 0 Å². The Morgan fingerprint density at radius 2 is 1.89 bits per heavy atom. The molecule has 2 N–H and O–H groups in total. The number of carboxylic acids is 1. The number of aliphatic carboxylic acids is 1. The van der Waals surface area contributed by atoms with Gasteiger partial charge in [0.2, 0.25) is 0 Å². The summed E-state index contributed by atoms with van der Waals surface area (Å²) in [7, 11) is 3.60. The van der Waals surface area contributed by atoms with Crippen molar-refractivity contribution in [1.82, 2.24) is 10.2 Å². The number of carboxylic acid groups (broad SMARTS) is 1. The summed E-state index contributed by atoms with van der Waals surface area (Å²) in [4.78, 5) is 13.0. The highest BCUT2D eigenvalue weighted by Crippen LogP contribution is 2.15. The number of hydrogen-bond acceptors (Lipinski definition) is 3. The summed E-state index contributed by atoms with van der Waals surface area (Å²) in [6.07, 6.45) is 0. The van der Waals surface area contributed by atoms with Crippen LogP contribution >= 0.6 is 0 Å². The van der Waals surface area contributed by atoms with Crippen molar-refractivity contribution >= 4 is 5.97 Å². The zero-order valence-electron chi connectivity index (χ0n) is 12.2. The van der Waals surface area contributed by atoms with Gasteiger partial charge in [0.25, 0.3) is 0 Å². The second kappa shape index (κ2) is 7.26. The molecule has 0 heterocycles. The van der Waals surface area contributed by atoms with E-state index in [4.69, 9.17) is 5.11 Å². The lowest BCUT2D eigenvalue weighted by Crippen LogP contribution is -2.43. The van der Waals surface area contributed by atoms with Gasteiger partial charge in [-0.05, 0) is 31.1 Å². The largest absolute Gasteiger partial charge is 0.480 e. The molecule has 19 heavy (non-hydrogen) atoms. The fraction of sp³-hybridized carbons (Fsp3) is 0.533. The van der Waals surface area contributed by atoms with Gasteiger partial charge in [0.1, 0.15) is 6.04 Å². The quantitative estimate of drug-likeness (QED) is 0.790. The van der Waals surface area contributed by atoms with E-state index in [1.807, 2.05) is 11.9 Å². The minimum Gasteiger partial charge on any atom is -0.480 e. The molecule has 1 aromatic rings. The zero-order valence-corrected chi connectivity index (χ0v) is 12.2. The molecule has 0 bridgehead atoms. The first-order valence-electron chi connectivity index (χ1n) is 6.61. The fourth-order valence-corrected chi connectivity index (χ4v) is 1.99. The molecule has 0 spiro atoms. The van der Waals surface area contributed by atoms with E-state index in [0.29, 0.717) is 12.5 Å². The maximum Gasteiger partial charge on any atom is 0.322 e. The molecular formula is C15H24N2O2. The second-order valence-electron chi connectivity index (χ2n) is 5.27. The van der Waals surface area contributed by atoms with Crippen molar-refractivity contribution in [2.24, 2.45) is 0 Å². The Morgan fingerprint density at radius 1 is 1.32 bits per heavy atom. The molecule has 106 valence electrons. The highest BCUT2D eigenvalue weighted by molar-refractivity contribution is 5.73. The van der Waals surface area contributed by atoms with Gasteiger partial charge in [0, 0.05) is 13.1 Å². The van der Waals surface area contributed by atoms with Crippen LogP contribution in [-0.4, -0.2) is 42.7 Å². The second-order valence-corrected chi connectivity index (χ2v) is 5.27. The predicted molar refractivity (Wildman–Crippen MR) is 77.3 cm³/mol. The van der Waals surface area contributed by atoms with E-state index in [0.717, 1.165) is 6.54 Å². The van der Waals surface area contributed by atoms with Crippen molar-refractivity contribution in [2.75, 3.05) is 20.6 Å². The van der Waals surface area contributed by atoms with E-state index in [1.165, 1.54) is 11.1 Å². The summed E-state index contributed by atoms with van der Waals surface area (Å²) >= 11 is 0. The van der Waals surface area contributed by atoms with Gasteiger partial charge < -0.3 is 10.4 Å². The Labute approximate surface area is 115 Å². The number of hydrogen-bond donors (Lipinski definition) is 2. The Bertz CT molecular complexity index is 401. The number of nitrogens with zero attached hydrogens (tertiary/aromatic N) is 1. The third kappa shape index (κ3) is 5.01. The molecule has 1 unspecified atom stereocenters. The molecule has 0 aliphatic heterocycles. The van der Waals surface area contributed by atoms with E-state index in [2.05, 4.69) is 43.4 Å². The number of rotatable bonds is 7. The molecule has 1 rings (SSSR count). The fourth-order valence-electron chi connectivity index (χ4n) is 1.99. The molecule has 4 heteroatoms. The van der Waals surface area contributed by atoms with Crippen LogP contribution in [0, 0.1) is 0 Å². The standard InChI is InChI=1S/C15H24N2O2/c1-11(2)13-7-5-12(6-8-13)9-17(4)10-14(16-3)15(18)19/h5-8,11,14,16H,9-10H2,1-4H3,(H,18,19). The smallest absolute Gasteiger partial charge is 0.322 e. The summed E-state index contributed by atoms with van der Waals surface area (Å²) in [5.41, 5.74) is 2.53. The molecule has 0 amide bonds. The highest BCUT2D eigenvalue weighted by atomic mass is 16.4. The van der Waals surface area contributed by atoms with Crippen molar-refractivity contribution < 1.29 is 9.90 Å². The zero-order chi connectivity index (χ0) is 14.4. The molecule has 0 saturated carbocycles. The number of benzene rings is 1. The Balaban J connectivity index is 2.56. The van der Waals surface area contributed by atoms with Gasteiger partial charge >= 0.3 is 5.97 Å². The summed E-state index contributed by atoms with van der Waals surface area (Å²) in [6, 6.07) is 7.98. The third-order valence-electron chi connectivity index (χ3n) is 3.24. The maximum atomic E-state index is 10.9. The van der Waals surface area contributed by atoms with E-state index in [-0.39, 0.29) is 0 Å². The van der Waals surface area contributed by atoms with E-state index in [1.54, 1.807) is 7.05 Å². The van der Waals surface area contributed by atoms with Gasteiger partial charge in [-0.15, -0.1) is 0 Å². The van der Waals surface area contributed by atoms with Gasteiger partial charge in [-0.25, -0.2) is 0 Å². The average Bonchev–Trinajstić information content (AvgIpc) is 2.36. The topological polar surface area (TPSA) is 52.6 Å². The van der Waals surface area contributed by atoms with Crippen molar-refractivity contribution in [2.45, 2.75) is 32.4 Å². The molecule has 0 aliphatic carbocycles. The van der Waals surface area contributed by atoms with Crippen LogP contribution in [0.5, 0.6) is 0 Å². The molecule has 1 atom stereocenters. The molecule has 0 aromatic heterocycles. The first kappa shape index (κ1) is 15.7. The van der Waals surface area contributed by atoms with Crippen molar-refractivity contribution in [3.05, 3.63) is 35.4 Å². The maximum absolute atomic E-state index is 10.9. The lowest BCUT2D eigenvalue weighted by atomic mass is 10.0. The Morgan fingerprint density at radius 3 is 2.32 bits per heavy atom. The van der Waals surface area contributed by atoms with Gasteiger partial charge in [-0.1, -0.05) is 38.1 Å². The SMILES string of the molecule is CNC(CN(C)Cc1ccc(C(C)C)cc1)C(=O)O. The first-order chi connectivity index (χ1) is 8.93. The summed E-state index contributed by atoms with van der Waals surface area (Å²) in [5.74, 6) is -0.281. The average molecular weight is 264 g/mol. The van der Waals surface area contributed by atoms with Crippen LogP contribution in [0.15, 0.2) is 24.3 Å². The van der Waals surface area contributed by atoms with Crippen LogP contribution in [0.1, 0.15) is 30.9 Å². The lowest BCUT2D eigenvalue weighted by molar-refractivity contribution is -0.139. The third-order valence-corrected chi connectivity index (χ3v) is 3.24. The van der Waals surface area contributed by atoms with Crippen LogP contribution in [-0.2, 0) is 11.3 Å². The summed E-state index contributed by atoms with van der Waals surface area (Å²) < 4.78 is 0. The van der Waals surface area contributed by atoms with Gasteiger partial charge in [0.15, 0.2) is 0 Å². The van der Waals surface area contributed by atoms with Crippen LogP contribution in [0.2, 0.25) is 0 Å². The van der Waals surface area contributed by atoms with Gasteiger partial charge in [0.05, 0.1) is 0 Å². The molecule has 0 saturated heterocycles. The predicted octanol–water partition coefficient (Wildman–Crippen LogP) is 1.91. The summed E-state index contributed by atoms with van der Waals surface area (Å²) in [6.45, 7) is 5.58. The molecular weight excluding hydrogens is 240 g/mol. The lowest BCUT2D eigenvalue weighted by Gasteiger charge is -2.21. The number of likely N-dealkylation sites (N-methyl/N-ethyl adjacent to an activating group) is 2. The van der Waals surface area contributed by atoms with E-state index < -0.39 is 12.0 Å².